The molecule has 2 aliphatic heterocycles. The van der Waals surface area contributed by atoms with Crippen molar-refractivity contribution >= 4 is 5.95 Å². The molecule has 19 heavy (non-hydrogen) atoms. The van der Waals surface area contributed by atoms with Crippen molar-refractivity contribution in [1.29, 1.82) is 0 Å². The fraction of sp³-hybridized carbons (Fsp3) is 0.692. The van der Waals surface area contributed by atoms with Gasteiger partial charge in [0.25, 0.3) is 0 Å². The molecule has 0 aromatic carbocycles. The first-order valence-corrected chi connectivity index (χ1v) is 6.78. The number of piperidine rings is 1. The quantitative estimate of drug-likeness (QED) is 0.836. The number of anilines is 1. The van der Waals surface area contributed by atoms with Crippen LogP contribution >= 0.6 is 0 Å². The van der Waals surface area contributed by atoms with Crippen LogP contribution in [0.2, 0.25) is 0 Å². The lowest BCUT2D eigenvalue weighted by atomic mass is 9.90. The number of hydrogen-bond acceptors (Lipinski definition) is 6. The Kier molecular flexibility index (Phi) is 3.52. The van der Waals surface area contributed by atoms with Gasteiger partial charge in [-0.1, -0.05) is 0 Å². The van der Waals surface area contributed by atoms with Crippen molar-refractivity contribution in [3.8, 4) is 5.88 Å². The van der Waals surface area contributed by atoms with E-state index in [0.29, 0.717) is 5.88 Å². The molecule has 1 aromatic heterocycles. The van der Waals surface area contributed by atoms with Gasteiger partial charge < -0.3 is 19.7 Å². The van der Waals surface area contributed by atoms with Crippen LogP contribution in [0.1, 0.15) is 12.8 Å². The van der Waals surface area contributed by atoms with Gasteiger partial charge in [0.15, 0.2) is 0 Å². The van der Waals surface area contributed by atoms with Gasteiger partial charge >= 0.3 is 0 Å². The largest absolute Gasteiger partial charge is 0.481 e. The Bertz CT molecular complexity index is 429. The molecule has 3 heterocycles. The van der Waals surface area contributed by atoms with E-state index in [-0.39, 0.29) is 5.60 Å². The van der Waals surface area contributed by atoms with Gasteiger partial charge in [0, 0.05) is 18.8 Å². The van der Waals surface area contributed by atoms with Crippen LogP contribution in [0.25, 0.3) is 0 Å². The monoisotopic (exact) mass is 264 g/mol. The smallest absolute Gasteiger partial charge is 0.228 e. The first-order valence-electron chi connectivity index (χ1n) is 6.78. The maximum Gasteiger partial charge on any atom is 0.228 e. The fourth-order valence-electron chi connectivity index (χ4n) is 2.80. The van der Waals surface area contributed by atoms with Crippen molar-refractivity contribution in [2.45, 2.75) is 18.4 Å². The van der Waals surface area contributed by atoms with E-state index in [1.807, 2.05) is 0 Å². The number of morpholine rings is 1. The Hall–Kier alpha value is -1.40. The van der Waals surface area contributed by atoms with E-state index >= 15 is 0 Å². The Balaban J connectivity index is 1.76. The van der Waals surface area contributed by atoms with Gasteiger partial charge in [-0.05, 0) is 25.9 Å². The highest BCUT2D eigenvalue weighted by molar-refractivity contribution is 5.33. The Morgan fingerprint density at radius 3 is 3.05 bits per heavy atom. The minimum atomic E-state index is -0.0318. The minimum absolute atomic E-state index is 0.0318. The number of methoxy groups -OCH3 is 1. The second-order valence-corrected chi connectivity index (χ2v) is 5.10. The summed E-state index contributed by atoms with van der Waals surface area (Å²) in [6.45, 7) is 4.48. The number of hydrogen-bond donors (Lipinski definition) is 1. The SMILES string of the molecule is COc1ccnc(N2CCOC3(CCNCC3)C2)n1. The van der Waals surface area contributed by atoms with Crippen LogP contribution in [0.15, 0.2) is 12.3 Å². The van der Waals surface area contributed by atoms with E-state index in [2.05, 4.69) is 20.2 Å². The maximum atomic E-state index is 6.05. The van der Waals surface area contributed by atoms with Crippen molar-refractivity contribution in [1.82, 2.24) is 15.3 Å². The van der Waals surface area contributed by atoms with Crippen LogP contribution in [-0.2, 0) is 4.74 Å². The third-order valence-corrected chi connectivity index (χ3v) is 3.87. The summed E-state index contributed by atoms with van der Waals surface area (Å²) in [5.41, 5.74) is -0.0318. The van der Waals surface area contributed by atoms with Crippen molar-refractivity contribution in [3.05, 3.63) is 12.3 Å². The third-order valence-electron chi connectivity index (χ3n) is 3.87. The molecule has 0 radical (unpaired) electrons. The first kappa shape index (κ1) is 12.6. The van der Waals surface area contributed by atoms with Gasteiger partial charge in [-0.2, -0.15) is 4.98 Å². The zero-order chi connectivity index (χ0) is 13.1. The molecule has 0 amide bonds. The van der Waals surface area contributed by atoms with Crippen LogP contribution in [0.5, 0.6) is 5.88 Å². The summed E-state index contributed by atoms with van der Waals surface area (Å²) >= 11 is 0. The van der Waals surface area contributed by atoms with Crippen LogP contribution in [0, 0.1) is 0 Å². The van der Waals surface area contributed by atoms with E-state index in [4.69, 9.17) is 9.47 Å². The van der Waals surface area contributed by atoms with E-state index in [9.17, 15) is 0 Å². The van der Waals surface area contributed by atoms with Crippen molar-refractivity contribution in [3.63, 3.8) is 0 Å². The molecule has 1 spiro atoms. The van der Waals surface area contributed by atoms with E-state index in [0.717, 1.165) is 51.6 Å². The van der Waals surface area contributed by atoms with Crippen LogP contribution in [-0.4, -0.2) is 55.5 Å². The van der Waals surface area contributed by atoms with Crippen molar-refractivity contribution < 1.29 is 9.47 Å². The molecule has 104 valence electrons. The molecular formula is C13H20N4O2. The Morgan fingerprint density at radius 2 is 2.26 bits per heavy atom. The van der Waals surface area contributed by atoms with Gasteiger partial charge in [-0.25, -0.2) is 4.98 Å². The normalized spacial score (nSPS) is 22.5. The maximum absolute atomic E-state index is 6.05. The zero-order valence-corrected chi connectivity index (χ0v) is 11.3. The van der Waals surface area contributed by atoms with E-state index < -0.39 is 0 Å². The summed E-state index contributed by atoms with van der Waals surface area (Å²) in [5.74, 6) is 1.34. The second kappa shape index (κ2) is 5.30. The molecule has 0 unspecified atom stereocenters. The summed E-state index contributed by atoms with van der Waals surface area (Å²) in [4.78, 5) is 11.0. The lowest BCUT2D eigenvalue weighted by molar-refractivity contribution is -0.0742. The molecule has 1 N–H and O–H groups in total. The van der Waals surface area contributed by atoms with Crippen molar-refractivity contribution in [2.24, 2.45) is 0 Å². The second-order valence-electron chi connectivity index (χ2n) is 5.10. The topological polar surface area (TPSA) is 59.5 Å². The average molecular weight is 264 g/mol. The van der Waals surface area contributed by atoms with E-state index in [1.165, 1.54) is 0 Å². The molecule has 2 fully saturated rings. The molecule has 3 rings (SSSR count). The lowest BCUT2D eigenvalue weighted by Crippen LogP contribution is -2.56. The van der Waals surface area contributed by atoms with Gasteiger partial charge in [-0.15, -0.1) is 0 Å². The highest BCUT2D eigenvalue weighted by Crippen LogP contribution is 2.29. The molecule has 2 aliphatic rings. The lowest BCUT2D eigenvalue weighted by Gasteiger charge is -2.45. The summed E-state index contributed by atoms with van der Waals surface area (Å²) < 4.78 is 11.2. The zero-order valence-electron chi connectivity index (χ0n) is 11.3. The van der Waals surface area contributed by atoms with Crippen LogP contribution in [0.3, 0.4) is 0 Å². The predicted octanol–water partition coefficient (Wildman–Crippen LogP) is 0.444. The molecule has 0 atom stereocenters. The number of aromatic nitrogens is 2. The standard InChI is InChI=1S/C13H20N4O2/c1-18-11-2-5-15-12(16-11)17-8-9-19-13(10-17)3-6-14-7-4-13/h2,5,14H,3-4,6-10H2,1H3. The Labute approximate surface area is 113 Å². The number of nitrogens with zero attached hydrogens (tertiary/aromatic N) is 3. The molecule has 2 saturated heterocycles. The third kappa shape index (κ3) is 2.64. The van der Waals surface area contributed by atoms with Crippen LogP contribution < -0.4 is 15.0 Å². The highest BCUT2D eigenvalue weighted by Gasteiger charge is 2.38. The summed E-state index contributed by atoms with van der Waals surface area (Å²) in [6, 6.07) is 1.77. The first-order chi connectivity index (χ1) is 9.31. The van der Waals surface area contributed by atoms with Crippen molar-refractivity contribution in [2.75, 3.05) is 44.8 Å². The molecule has 6 heteroatoms. The number of nitrogens with one attached hydrogen (secondary N) is 1. The summed E-state index contributed by atoms with van der Waals surface area (Å²) in [6.07, 6.45) is 3.84. The molecule has 0 bridgehead atoms. The number of ether oxygens (including phenoxy) is 2. The molecule has 0 saturated carbocycles. The molecule has 0 aliphatic carbocycles. The number of rotatable bonds is 2. The van der Waals surface area contributed by atoms with Gasteiger partial charge in [0.05, 0.1) is 25.9 Å². The predicted molar refractivity (Wildman–Crippen MR) is 71.6 cm³/mol. The highest BCUT2D eigenvalue weighted by atomic mass is 16.5. The summed E-state index contributed by atoms with van der Waals surface area (Å²) in [7, 11) is 1.62. The van der Waals surface area contributed by atoms with Gasteiger partial charge in [0.2, 0.25) is 11.8 Å². The molecular weight excluding hydrogens is 244 g/mol. The molecule has 1 aromatic rings. The van der Waals surface area contributed by atoms with Gasteiger partial charge in [0.1, 0.15) is 0 Å². The average Bonchev–Trinajstić information content (AvgIpc) is 2.48. The van der Waals surface area contributed by atoms with Gasteiger partial charge in [-0.3, -0.25) is 0 Å². The molecule has 6 nitrogen and oxygen atoms in total. The Morgan fingerprint density at radius 1 is 1.42 bits per heavy atom. The fourth-order valence-corrected chi connectivity index (χ4v) is 2.80. The van der Waals surface area contributed by atoms with E-state index in [1.54, 1.807) is 19.4 Å². The minimum Gasteiger partial charge on any atom is -0.481 e. The van der Waals surface area contributed by atoms with Crippen LogP contribution in [0.4, 0.5) is 5.95 Å². The summed E-state index contributed by atoms with van der Waals surface area (Å²) in [5, 5.41) is 3.38.